The van der Waals surface area contributed by atoms with Gasteiger partial charge < -0.3 is 4.85 Å². The molecule has 0 amide bonds. The summed E-state index contributed by atoms with van der Waals surface area (Å²) < 4.78 is 12.8. The summed E-state index contributed by atoms with van der Waals surface area (Å²) in [5.41, 5.74) is 1.07. The van der Waals surface area contributed by atoms with Gasteiger partial charge in [-0.05, 0) is 24.3 Å². The molecule has 2 nitrogen and oxygen atoms in total. The van der Waals surface area contributed by atoms with Crippen LogP contribution >= 0.6 is 11.3 Å². The lowest BCUT2D eigenvalue weighted by Gasteiger charge is -2.05. The number of hydrogen-bond donors (Lipinski definition) is 0. The number of thiazole rings is 1. The molecule has 2 aromatic rings. The largest absolute Gasteiger partial charge is 0.303 e. The minimum Gasteiger partial charge on any atom is -0.303 e. The van der Waals surface area contributed by atoms with Crippen molar-refractivity contribution >= 4 is 11.3 Å². The maximum absolute atomic E-state index is 12.8. The normalized spacial score (nSPS) is 11.2. The lowest BCUT2D eigenvalue weighted by Crippen LogP contribution is -2.10. The minimum atomic E-state index is -0.594. The molecule has 0 aliphatic carbocycles. The fourth-order valence-electron chi connectivity index (χ4n) is 1.36. The van der Waals surface area contributed by atoms with Crippen molar-refractivity contribution in [1.29, 1.82) is 0 Å². The molecule has 0 atom stereocenters. The predicted molar refractivity (Wildman–Crippen MR) is 67.1 cm³/mol. The van der Waals surface area contributed by atoms with Gasteiger partial charge in [0.1, 0.15) is 5.82 Å². The van der Waals surface area contributed by atoms with E-state index in [4.69, 9.17) is 6.57 Å². The third-order valence-corrected chi connectivity index (χ3v) is 3.60. The van der Waals surface area contributed by atoms with Gasteiger partial charge in [0, 0.05) is 24.8 Å². The Kier molecular flexibility index (Phi) is 2.95. The predicted octanol–water partition coefficient (Wildman–Crippen LogP) is 4.10. The summed E-state index contributed by atoms with van der Waals surface area (Å²) in [6, 6.07) is 6.21. The molecule has 0 unspecified atom stereocenters. The van der Waals surface area contributed by atoms with E-state index in [1.54, 1.807) is 12.1 Å². The van der Waals surface area contributed by atoms with Crippen LogP contribution in [0, 0.1) is 12.4 Å². The van der Waals surface area contributed by atoms with E-state index in [-0.39, 0.29) is 5.82 Å². The van der Waals surface area contributed by atoms with Crippen molar-refractivity contribution in [1.82, 2.24) is 4.98 Å². The van der Waals surface area contributed by atoms with Gasteiger partial charge in [0.05, 0.1) is 5.69 Å². The van der Waals surface area contributed by atoms with Gasteiger partial charge in [0.25, 0.3) is 5.54 Å². The van der Waals surface area contributed by atoms with E-state index in [0.717, 1.165) is 16.3 Å². The van der Waals surface area contributed by atoms with E-state index in [0.29, 0.717) is 0 Å². The van der Waals surface area contributed by atoms with Gasteiger partial charge in [-0.2, -0.15) is 0 Å². The third-order valence-electron chi connectivity index (χ3n) is 2.45. The highest BCUT2D eigenvalue weighted by Gasteiger charge is 2.29. The van der Waals surface area contributed by atoms with Gasteiger partial charge in [-0.1, -0.05) is 0 Å². The Labute approximate surface area is 104 Å². The van der Waals surface area contributed by atoms with Crippen LogP contribution in [0.1, 0.15) is 18.9 Å². The zero-order chi connectivity index (χ0) is 12.5. The Balaban J connectivity index is 2.37. The highest BCUT2D eigenvalue weighted by atomic mass is 32.1. The lowest BCUT2D eigenvalue weighted by molar-refractivity contribution is 0.628. The van der Waals surface area contributed by atoms with Crippen LogP contribution < -0.4 is 0 Å². The summed E-state index contributed by atoms with van der Waals surface area (Å²) in [5.74, 6) is -0.259. The SMILES string of the molecule is [C-]#[N+]C(C)(C)c1nc(-c2ccc(F)cc2)cs1. The second kappa shape index (κ2) is 4.27. The zero-order valence-electron chi connectivity index (χ0n) is 9.57. The first-order valence-corrected chi connectivity index (χ1v) is 6.01. The Bertz CT molecular complexity index is 564. The molecular formula is C13H11FN2S. The van der Waals surface area contributed by atoms with E-state index < -0.39 is 5.54 Å². The van der Waals surface area contributed by atoms with Crippen LogP contribution in [-0.2, 0) is 5.54 Å². The van der Waals surface area contributed by atoms with Crippen LogP contribution in [0.25, 0.3) is 16.1 Å². The second-order valence-electron chi connectivity index (χ2n) is 4.22. The molecular weight excluding hydrogens is 235 g/mol. The average molecular weight is 246 g/mol. The fraction of sp³-hybridized carbons (Fsp3) is 0.231. The van der Waals surface area contributed by atoms with Gasteiger partial charge in [0.15, 0.2) is 5.01 Å². The molecule has 86 valence electrons. The molecule has 0 N–H and O–H groups in total. The first kappa shape index (κ1) is 11.7. The molecule has 0 aliphatic rings. The van der Waals surface area contributed by atoms with E-state index in [9.17, 15) is 4.39 Å². The molecule has 1 heterocycles. The standard InChI is InChI=1S/C13H11FN2S/c1-13(2,15-3)12-16-11(8-17-12)9-4-6-10(14)7-5-9/h4-8H,1-2H3. The highest BCUT2D eigenvalue weighted by Crippen LogP contribution is 2.31. The second-order valence-corrected chi connectivity index (χ2v) is 5.07. The maximum atomic E-state index is 12.8. The van der Waals surface area contributed by atoms with Crippen molar-refractivity contribution in [2.24, 2.45) is 0 Å². The van der Waals surface area contributed by atoms with Crippen LogP contribution in [0.5, 0.6) is 0 Å². The summed E-state index contributed by atoms with van der Waals surface area (Å²) in [5, 5.41) is 2.68. The van der Waals surface area contributed by atoms with Crippen molar-refractivity contribution in [3.05, 3.63) is 51.9 Å². The lowest BCUT2D eigenvalue weighted by atomic mass is 10.1. The summed E-state index contributed by atoms with van der Waals surface area (Å²) in [6.45, 7) is 10.8. The molecule has 1 aromatic carbocycles. The minimum absolute atomic E-state index is 0.259. The van der Waals surface area contributed by atoms with Crippen molar-refractivity contribution in [2.45, 2.75) is 19.4 Å². The summed E-state index contributed by atoms with van der Waals surface area (Å²) in [7, 11) is 0. The molecule has 17 heavy (non-hydrogen) atoms. The van der Waals surface area contributed by atoms with Crippen LogP contribution in [0.15, 0.2) is 29.6 Å². The van der Waals surface area contributed by atoms with E-state index >= 15 is 0 Å². The summed E-state index contributed by atoms with van der Waals surface area (Å²) in [6.07, 6.45) is 0. The number of benzene rings is 1. The number of nitrogens with zero attached hydrogens (tertiary/aromatic N) is 2. The third kappa shape index (κ3) is 2.34. The van der Waals surface area contributed by atoms with Gasteiger partial charge in [-0.25, -0.2) is 15.9 Å². The van der Waals surface area contributed by atoms with Crippen molar-refractivity contribution in [3.63, 3.8) is 0 Å². The van der Waals surface area contributed by atoms with E-state index in [1.807, 2.05) is 19.2 Å². The molecule has 0 saturated carbocycles. The molecule has 1 aromatic heterocycles. The first-order chi connectivity index (χ1) is 8.03. The maximum Gasteiger partial charge on any atom is 0.277 e. The van der Waals surface area contributed by atoms with Crippen LogP contribution in [0.3, 0.4) is 0 Å². The molecule has 0 aliphatic heterocycles. The number of halogens is 1. The molecule has 4 heteroatoms. The molecule has 0 bridgehead atoms. The van der Waals surface area contributed by atoms with Gasteiger partial charge in [0.2, 0.25) is 0 Å². The Morgan fingerprint density at radius 2 is 1.94 bits per heavy atom. The van der Waals surface area contributed by atoms with Crippen LogP contribution in [0.2, 0.25) is 0 Å². The molecule has 0 saturated heterocycles. The number of aromatic nitrogens is 1. The van der Waals surface area contributed by atoms with Gasteiger partial charge in [-0.3, -0.25) is 0 Å². The molecule has 0 radical (unpaired) electrons. The highest BCUT2D eigenvalue weighted by molar-refractivity contribution is 7.10. The topological polar surface area (TPSA) is 17.2 Å². The van der Waals surface area contributed by atoms with Crippen LogP contribution in [-0.4, -0.2) is 4.98 Å². The first-order valence-electron chi connectivity index (χ1n) is 5.13. The fourth-order valence-corrected chi connectivity index (χ4v) is 2.25. The van der Waals surface area contributed by atoms with Crippen LogP contribution in [0.4, 0.5) is 4.39 Å². The summed E-state index contributed by atoms with van der Waals surface area (Å²) in [4.78, 5) is 7.98. The Morgan fingerprint density at radius 3 is 2.53 bits per heavy atom. The van der Waals surface area contributed by atoms with Gasteiger partial charge >= 0.3 is 0 Å². The van der Waals surface area contributed by atoms with Crippen molar-refractivity contribution in [3.8, 4) is 11.3 Å². The number of hydrogen-bond acceptors (Lipinski definition) is 2. The molecule has 0 spiro atoms. The zero-order valence-corrected chi connectivity index (χ0v) is 10.4. The van der Waals surface area contributed by atoms with E-state index in [1.165, 1.54) is 23.5 Å². The Morgan fingerprint density at radius 1 is 1.29 bits per heavy atom. The quantitative estimate of drug-likeness (QED) is 0.729. The molecule has 0 fully saturated rings. The monoisotopic (exact) mass is 246 g/mol. The average Bonchev–Trinajstić information content (AvgIpc) is 2.80. The number of rotatable bonds is 2. The van der Waals surface area contributed by atoms with Crippen molar-refractivity contribution < 1.29 is 4.39 Å². The van der Waals surface area contributed by atoms with E-state index in [2.05, 4.69) is 9.83 Å². The Hall–Kier alpha value is -1.73. The smallest absolute Gasteiger partial charge is 0.277 e. The molecule has 2 rings (SSSR count). The summed E-state index contributed by atoms with van der Waals surface area (Å²) >= 11 is 1.46. The van der Waals surface area contributed by atoms with Crippen molar-refractivity contribution in [2.75, 3.05) is 0 Å². The van der Waals surface area contributed by atoms with Gasteiger partial charge in [-0.15, -0.1) is 11.3 Å².